The third kappa shape index (κ3) is 7.29. The maximum atomic E-state index is 13.4. The van der Waals surface area contributed by atoms with Gasteiger partial charge in [-0.3, -0.25) is 25.6 Å². The number of amidine groups is 1. The van der Waals surface area contributed by atoms with Crippen LogP contribution in [0.2, 0.25) is 0 Å². The van der Waals surface area contributed by atoms with E-state index >= 15 is 0 Å². The van der Waals surface area contributed by atoms with Crippen molar-refractivity contribution in [2.24, 2.45) is 11.6 Å². The molecule has 2 aromatic carbocycles. The van der Waals surface area contributed by atoms with E-state index in [1.807, 2.05) is 36.4 Å². The molecule has 1 aliphatic rings. The molecule has 2 atom stereocenters. The van der Waals surface area contributed by atoms with Gasteiger partial charge in [0.1, 0.15) is 18.4 Å². The van der Waals surface area contributed by atoms with Gasteiger partial charge in [-0.25, -0.2) is 5.01 Å². The molecule has 0 aliphatic carbocycles. The van der Waals surface area contributed by atoms with Gasteiger partial charge in [0, 0.05) is 17.3 Å². The molecule has 39 heavy (non-hydrogen) atoms. The summed E-state index contributed by atoms with van der Waals surface area (Å²) in [5, 5.41) is 20.5. The second kappa shape index (κ2) is 12.7. The molecule has 10 nitrogen and oxygen atoms in total. The minimum absolute atomic E-state index is 0.0325. The number of likely N-dealkylation sites (tertiary alicyclic amines) is 1. The Morgan fingerprint density at radius 2 is 1.77 bits per heavy atom. The summed E-state index contributed by atoms with van der Waals surface area (Å²) >= 11 is 1.32. The fourth-order valence-corrected chi connectivity index (χ4v) is 5.71. The zero-order chi connectivity index (χ0) is 27.9. The van der Waals surface area contributed by atoms with E-state index in [1.54, 1.807) is 12.1 Å². The number of nitrogens with zero attached hydrogens (tertiary/aromatic N) is 2. The lowest BCUT2D eigenvalue weighted by Crippen LogP contribution is -2.50. The number of hydrogen-bond donors (Lipinski definition) is 5. The number of carbonyl (C=O) groups excluding carboxylic acids is 2. The van der Waals surface area contributed by atoms with Crippen molar-refractivity contribution in [2.75, 3.05) is 19.6 Å². The van der Waals surface area contributed by atoms with Crippen LogP contribution in [0.4, 0.5) is 0 Å². The summed E-state index contributed by atoms with van der Waals surface area (Å²) in [4.78, 5) is 40.6. The molecule has 4 rings (SSSR count). The van der Waals surface area contributed by atoms with Crippen LogP contribution in [-0.2, 0) is 27.3 Å². The number of carboxylic acid groups (broad SMARTS) is 1. The SMILES string of the molecule is N=C(N)c1ccc(CNC(=O)C2CC(c3ccccc3Cc3ccccc3)CN2C(=O)CN(N)CC(=O)O)s1. The average molecular weight is 549 g/mol. The number of amides is 2. The number of rotatable bonds is 11. The minimum Gasteiger partial charge on any atom is -0.480 e. The van der Waals surface area contributed by atoms with Gasteiger partial charge in [-0.05, 0) is 41.7 Å². The van der Waals surface area contributed by atoms with Gasteiger partial charge in [-0.15, -0.1) is 11.3 Å². The normalized spacial score (nSPS) is 16.8. The lowest BCUT2D eigenvalue weighted by molar-refractivity contribution is -0.142. The maximum absolute atomic E-state index is 13.4. The van der Waals surface area contributed by atoms with E-state index in [2.05, 4.69) is 23.5 Å². The molecule has 1 fully saturated rings. The fraction of sp³-hybridized carbons (Fsp3) is 0.286. The molecule has 1 aromatic heterocycles. The molecule has 7 N–H and O–H groups in total. The lowest BCUT2D eigenvalue weighted by atomic mass is 9.89. The van der Waals surface area contributed by atoms with Crippen molar-refractivity contribution in [3.05, 3.63) is 93.2 Å². The standard InChI is InChI=1S/C28H32N6O4S/c29-27(30)24-11-10-21(39-24)14-32-28(38)23-13-20(15-34(23)25(35)16-33(31)17-26(36)37)22-9-5-4-8-19(22)12-18-6-2-1-3-7-18/h1-11,20,23H,12-17,31H2,(H3,29,30)(H,32,38)(H,36,37). The molecular weight excluding hydrogens is 516 g/mol. The minimum atomic E-state index is -1.14. The van der Waals surface area contributed by atoms with Gasteiger partial charge in [0.2, 0.25) is 11.8 Å². The number of carbonyl (C=O) groups is 3. The molecule has 2 amide bonds. The van der Waals surface area contributed by atoms with E-state index in [9.17, 15) is 14.4 Å². The number of aliphatic carboxylic acids is 1. The van der Waals surface area contributed by atoms with E-state index in [0.29, 0.717) is 17.8 Å². The molecule has 1 saturated heterocycles. The van der Waals surface area contributed by atoms with Crippen LogP contribution in [0.3, 0.4) is 0 Å². The van der Waals surface area contributed by atoms with Crippen molar-refractivity contribution in [3.63, 3.8) is 0 Å². The molecule has 0 radical (unpaired) electrons. The summed E-state index contributed by atoms with van der Waals surface area (Å²) in [5.74, 6) is 3.80. The smallest absolute Gasteiger partial charge is 0.319 e. The summed E-state index contributed by atoms with van der Waals surface area (Å²) < 4.78 is 0. The van der Waals surface area contributed by atoms with E-state index < -0.39 is 24.5 Å². The van der Waals surface area contributed by atoms with Gasteiger partial charge in [0.15, 0.2) is 0 Å². The summed E-state index contributed by atoms with van der Waals surface area (Å²) in [7, 11) is 0. The Bertz CT molecular complexity index is 1340. The highest BCUT2D eigenvalue weighted by molar-refractivity contribution is 7.14. The van der Waals surface area contributed by atoms with Crippen molar-refractivity contribution in [2.45, 2.75) is 31.3 Å². The lowest BCUT2D eigenvalue weighted by Gasteiger charge is -2.26. The molecule has 3 aromatic rings. The van der Waals surface area contributed by atoms with Gasteiger partial charge < -0.3 is 21.1 Å². The first-order valence-corrected chi connectivity index (χ1v) is 13.4. The van der Waals surface area contributed by atoms with Gasteiger partial charge >= 0.3 is 5.97 Å². The Hall–Kier alpha value is -4.06. The van der Waals surface area contributed by atoms with Gasteiger partial charge in [0.05, 0.1) is 18.0 Å². The van der Waals surface area contributed by atoms with Crippen LogP contribution in [0.15, 0.2) is 66.7 Å². The second-order valence-corrected chi connectivity index (χ2v) is 10.7. The Balaban J connectivity index is 1.53. The largest absolute Gasteiger partial charge is 0.480 e. The zero-order valence-corrected chi connectivity index (χ0v) is 22.2. The van der Waals surface area contributed by atoms with Gasteiger partial charge in [-0.2, -0.15) is 0 Å². The van der Waals surface area contributed by atoms with Crippen molar-refractivity contribution >= 4 is 35.0 Å². The van der Waals surface area contributed by atoms with Crippen LogP contribution in [0.25, 0.3) is 0 Å². The molecule has 2 heterocycles. The van der Waals surface area contributed by atoms with Crippen LogP contribution >= 0.6 is 11.3 Å². The van der Waals surface area contributed by atoms with E-state index in [-0.39, 0.29) is 30.8 Å². The maximum Gasteiger partial charge on any atom is 0.319 e. The number of nitrogens with one attached hydrogen (secondary N) is 2. The molecule has 1 aliphatic heterocycles. The Labute approximate surface area is 230 Å². The molecule has 0 spiro atoms. The van der Waals surface area contributed by atoms with Crippen molar-refractivity contribution in [1.29, 1.82) is 5.41 Å². The third-order valence-electron chi connectivity index (χ3n) is 6.70. The fourth-order valence-electron chi connectivity index (χ4n) is 4.90. The predicted octanol–water partition coefficient (Wildman–Crippen LogP) is 1.88. The van der Waals surface area contributed by atoms with Crippen LogP contribution < -0.4 is 16.9 Å². The first-order valence-electron chi connectivity index (χ1n) is 12.5. The highest BCUT2D eigenvalue weighted by atomic mass is 32.1. The zero-order valence-electron chi connectivity index (χ0n) is 21.4. The highest BCUT2D eigenvalue weighted by Crippen LogP contribution is 2.35. The van der Waals surface area contributed by atoms with Gasteiger partial charge in [-0.1, -0.05) is 54.6 Å². The van der Waals surface area contributed by atoms with Crippen molar-refractivity contribution in [1.82, 2.24) is 15.2 Å². The molecule has 0 bridgehead atoms. The second-order valence-electron chi connectivity index (χ2n) is 9.55. The molecule has 0 saturated carbocycles. The number of hydrogen-bond acceptors (Lipinski definition) is 7. The predicted molar refractivity (Wildman–Crippen MR) is 149 cm³/mol. The number of nitrogens with two attached hydrogens (primary N) is 2. The summed E-state index contributed by atoms with van der Waals surface area (Å²) in [5.41, 5.74) is 8.92. The van der Waals surface area contributed by atoms with Crippen LogP contribution in [0.1, 0.15) is 38.8 Å². The first kappa shape index (κ1) is 28.0. The molecule has 2 unspecified atom stereocenters. The summed E-state index contributed by atoms with van der Waals surface area (Å²) in [6.07, 6.45) is 1.15. The Morgan fingerprint density at radius 3 is 2.46 bits per heavy atom. The molecule has 11 heteroatoms. The topological polar surface area (TPSA) is 166 Å². The van der Waals surface area contributed by atoms with Crippen LogP contribution in [0, 0.1) is 5.41 Å². The van der Waals surface area contributed by atoms with Crippen molar-refractivity contribution < 1.29 is 19.5 Å². The average Bonchev–Trinajstić information content (AvgIpc) is 3.56. The summed E-state index contributed by atoms with van der Waals surface area (Å²) in [6.45, 7) is -0.248. The number of nitrogen functional groups attached to an aromatic ring is 1. The van der Waals surface area contributed by atoms with Gasteiger partial charge in [0.25, 0.3) is 0 Å². The number of benzene rings is 2. The first-order chi connectivity index (χ1) is 18.7. The number of carboxylic acids is 1. The van der Waals surface area contributed by atoms with E-state index in [4.69, 9.17) is 22.1 Å². The number of hydrazine groups is 1. The quantitative estimate of drug-likeness (QED) is 0.106. The van der Waals surface area contributed by atoms with Crippen LogP contribution in [-0.4, -0.2) is 64.3 Å². The van der Waals surface area contributed by atoms with Crippen molar-refractivity contribution in [3.8, 4) is 0 Å². The Morgan fingerprint density at radius 1 is 1.05 bits per heavy atom. The van der Waals surface area contributed by atoms with E-state index in [1.165, 1.54) is 21.8 Å². The summed E-state index contributed by atoms with van der Waals surface area (Å²) in [6, 6.07) is 21.0. The molecule has 204 valence electrons. The molecular formula is C28H32N6O4S. The van der Waals surface area contributed by atoms with E-state index in [0.717, 1.165) is 27.4 Å². The third-order valence-corrected chi connectivity index (χ3v) is 7.82. The number of thiophene rings is 1. The van der Waals surface area contributed by atoms with Crippen LogP contribution in [0.5, 0.6) is 0 Å². The monoisotopic (exact) mass is 548 g/mol. The highest BCUT2D eigenvalue weighted by Gasteiger charge is 2.40. The Kier molecular flexibility index (Phi) is 9.07.